The Labute approximate surface area is 94.2 Å². The van der Waals surface area contributed by atoms with E-state index in [1.807, 2.05) is 0 Å². The predicted molar refractivity (Wildman–Crippen MR) is 49.1 cm³/mol. The molecule has 2 heterocycles. The zero-order valence-corrected chi connectivity index (χ0v) is 8.52. The molecule has 0 atom stereocenters. The molecule has 0 N–H and O–H groups in total. The summed E-state index contributed by atoms with van der Waals surface area (Å²) in [5.41, 5.74) is -1.10. The van der Waals surface area contributed by atoms with Crippen molar-refractivity contribution in [3.8, 4) is 5.88 Å². The fourth-order valence-electron chi connectivity index (χ4n) is 1.34. The standard InChI is InChI=1S/C9H8F3N3O2/c10-9(11,12)7-1-13-2-8(14-7)17-6-3-15(4-6)5-16/h1-2,5-6H,3-4H2. The average Bonchev–Trinajstić information content (AvgIpc) is 2.22. The van der Waals surface area contributed by atoms with Crippen LogP contribution in [0.2, 0.25) is 0 Å². The van der Waals surface area contributed by atoms with Crippen LogP contribution in [0.15, 0.2) is 12.4 Å². The topological polar surface area (TPSA) is 55.3 Å². The lowest BCUT2D eigenvalue weighted by atomic mass is 10.2. The Hall–Kier alpha value is -1.86. The maximum absolute atomic E-state index is 12.3. The molecule has 8 heteroatoms. The number of hydrogen-bond acceptors (Lipinski definition) is 4. The molecule has 0 saturated carbocycles. The number of halogens is 3. The second kappa shape index (κ2) is 4.19. The van der Waals surface area contributed by atoms with Gasteiger partial charge in [-0.1, -0.05) is 0 Å². The van der Waals surface area contributed by atoms with Crippen LogP contribution in [0.5, 0.6) is 5.88 Å². The van der Waals surface area contributed by atoms with E-state index in [-0.39, 0.29) is 12.0 Å². The number of likely N-dealkylation sites (tertiary alicyclic amines) is 1. The van der Waals surface area contributed by atoms with Gasteiger partial charge in [0.15, 0.2) is 5.69 Å². The predicted octanol–water partition coefficient (Wildman–Crippen LogP) is 0.715. The summed E-state index contributed by atoms with van der Waals surface area (Å²) in [4.78, 5) is 18.4. The lowest BCUT2D eigenvalue weighted by molar-refractivity contribution is -0.141. The highest BCUT2D eigenvalue weighted by molar-refractivity contribution is 5.48. The van der Waals surface area contributed by atoms with Crippen LogP contribution in [0.25, 0.3) is 0 Å². The highest BCUT2D eigenvalue weighted by atomic mass is 19.4. The summed E-state index contributed by atoms with van der Waals surface area (Å²) in [7, 11) is 0. The van der Waals surface area contributed by atoms with Crippen LogP contribution >= 0.6 is 0 Å². The normalized spacial score (nSPS) is 16.5. The van der Waals surface area contributed by atoms with Crippen LogP contribution in [0.3, 0.4) is 0 Å². The molecule has 5 nitrogen and oxygen atoms in total. The van der Waals surface area contributed by atoms with E-state index in [0.717, 1.165) is 6.20 Å². The zero-order chi connectivity index (χ0) is 12.5. The number of aromatic nitrogens is 2. The fraction of sp³-hybridized carbons (Fsp3) is 0.444. The molecule has 0 bridgehead atoms. The molecule has 0 radical (unpaired) electrons. The molecule has 92 valence electrons. The van der Waals surface area contributed by atoms with Crippen LogP contribution in [0, 0.1) is 0 Å². The Morgan fingerprint density at radius 1 is 1.41 bits per heavy atom. The smallest absolute Gasteiger partial charge is 0.435 e. The number of rotatable bonds is 3. The third-order valence-electron chi connectivity index (χ3n) is 2.22. The van der Waals surface area contributed by atoms with Crippen molar-refractivity contribution >= 4 is 6.41 Å². The largest absolute Gasteiger partial charge is 0.469 e. The minimum absolute atomic E-state index is 0.185. The first kappa shape index (κ1) is 11.6. The van der Waals surface area contributed by atoms with Crippen LogP contribution in [-0.2, 0) is 11.0 Å². The number of hydrogen-bond donors (Lipinski definition) is 0. The summed E-state index contributed by atoms with van der Waals surface area (Å²) in [5.74, 6) is -0.185. The SMILES string of the molecule is O=CN1CC(Oc2cncc(C(F)(F)F)n2)C1. The first-order chi connectivity index (χ1) is 7.99. The van der Waals surface area contributed by atoms with Gasteiger partial charge in [0, 0.05) is 0 Å². The summed E-state index contributed by atoms with van der Waals surface area (Å²) in [6, 6.07) is 0. The molecule has 0 aromatic carbocycles. The molecule has 17 heavy (non-hydrogen) atoms. The maximum Gasteiger partial charge on any atom is 0.435 e. The quantitative estimate of drug-likeness (QED) is 0.738. The minimum Gasteiger partial charge on any atom is -0.469 e. The van der Waals surface area contributed by atoms with E-state index < -0.39 is 11.9 Å². The summed E-state index contributed by atoms with van der Waals surface area (Å²) < 4.78 is 42.1. The zero-order valence-electron chi connectivity index (χ0n) is 8.52. The number of alkyl halides is 3. The van der Waals surface area contributed by atoms with Gasteiger partial charge in [-0.25, -0.2) is 4.98 Å². The van der Waals surface area contributed by atoms with E-state index in [1.165, 1.54) is 4.90 Å². The molecule has 1 fully saturated rings. The summed E-state index contributed by atoms with van der Waals surface area (Å²) >= 11 is 0. The van der Waals surface area contributed by atoms with Gasteiger partial charge in [-0.15, -0.1) is 0 Å². The average molecular weight is 247 g/mol. The van der Waals surface area contributed by atoms with Crippen LogP contribution in [-0.4, -0.2) is 40.5 Å². The van der Waals surface area contributed by atoms with Crippen LogP contribution in [0.1, 0.15) is 5.69 Å². The molecule has 0 spiro atoms. The van der Waals surface area contributed by atoms with Gasteiger partial charge in [0.25, 0.3) is 0 Å². The first-order valence-corrected chi connectivity index (χ1v) is 4.74. The van der Waals surface area contributed by atoms with Crippen LogP contribution < -0.4 is 4.74 Å². The molecular formula is C9H8F3N3O2. The summed E-state index contributed by atoms with van der Waals surface area (Å²) in [6.07, 6.45) is -2.47. The molecule has 0 unspecified atom stereocenters. The summed E-state index contributed by atoms with van der Waals surface area (Å²) in [6.45, 7) is 0.697. The molecule has 1 amide bonds. The number of nitrogens with zero attached hydrogens (tertiary/aromatic N) is 3. The Morgan fingerprint density at radius 2 is 2.12 bits per heavy atom. The molecule has 1 aromatic rings. The number of carbonyl (C=O) groups excluding carboxylic acids is 1. The van der Waals surface area contributed by atoms with Crippen molar-refractivity contribution in [1.82, 2.24) is 14.9 Å². The van der Waals surface area contributed by atoms with Crippen molar-refractivity contribution in [2.45, 2.75) is 12.3 Å². The van der Waals surface area contributed by atoms with Crippen molar-refractivity contribution in [3.05, 3.63) is 18.1 Å². The Kier molecular flexibility index (Phi) is 2.86. The molecule has 2 rings (SSSR count). The lowest BCUT2D eigenvalue weighted by Crippen LogP contribution is -2.52. The second-order valence-electron chi connectivity index (χ2n) is 3.54. The highest BCUT2D eigenvalue weighted by Crippen LogP contribution is 2.28. The van der Waals surface area contributed by atoms with E-state index >= 15 is 0 Å². The Balaban J connectivity index is 2.00. The van der Waals surface area contributed by atoms with Gasteiger partial charge in [0.05, 0.1) is 25.5 Å². The molecule has 1 aliphatic heterocycles. The van der Waals surface area contributed by atoms with Crippen molar-refractivity contribution in [3.63, 3.8) is 0 Å². The highest BCUT2D eigenvalue weighted by Gasteiger charge is 2.34. The minimum atomic E-state index is -4.54. The van der Waals surface area contributed by atoms with Gasteiger partial charge in [0.1, 0.15) is 6.10 Å². The Morgan fingerprint density at radius 3 is 2.71 bits per heavy atom. The van der Waals surface area contributed by atoms with Gasteiger partial charge < -0.3 is 9.64 Å². The molecule has 0 aliphatic carbocycles. The van der Waals surface area contributed by atoms with Crippen molar-refractivity contribution in [2.75, 3.05) is 13.1 Å². The monoisotopic (exact) mass is 247 g/mol. The van der Waals surface area contributed by atoms with Gasteiger partial charge in [0.2, 0.25) is 12.3 Å². The Bertz CT molecular complexity index is 418. The third-order valence-corrected chi connectivity index (χ3v) is 2.22. The molecule has 1 saturated heterocycles. The van der Waals surface area contributed by atoms with Crippen LogP contribution in [0.4, 0.5) is 13.2 Å². The number of ether oxygens (including phenoxy) is 1. The van der Waals surface area contributed by atoms with E-state index in [1.54, 1.807) is 0 Å². The van der Waals surface area contributed by atoms with Crippen molar-refractivity contribution < 1.29 is 22.7 Å². The lowest BCUT2D eigenvalue weighted by Gasteiger charge is -2.35. The summed E-state index contributed by atoms with van der Waals surface area (Å²) in [5, 5.41) is 0. The molecule has 1 aromatic heterocycles. The second-order valence-corrected chi connectivity index (χ2v) is 3.54. The van der Waals surface area contributed by atoms with E-state index in [9.17, 15) is 18.0 Å². The van der Waals surface area contributed by atoms with Gasteiger partial charge >= 0.3 is 6.18 Å². The van der Waals surface area contributed by atoms with Gasteiger partial charge in [-0.2, -0.15) is 13.2 Å². The van der Waals surface area contributed by atoms with Gasteiger partial charge in [-0.05, 0) is 0 Å². The molecular weight excluding hydrogens is 239 g/mol. The first-order valence-electron chi connectivity index (χ1n) is 4.74. The van der Waals surface area contributed by atoms with Crippen molar-refractivity contribution in [2.24, 2.45) is 0 Å². The van der Waals surface area contributed by atoms with E-state index in [2.05, 4.69) is 9.97 Å². The number of amides is 1. The van der Waals surface area contributed by atoms with E-state index in [4.69, 9.17) is 4.74 Å². The fourth-order valence-corrected chi connectivity index (χ4v) is 1.34. The van der Waals surface area contributed by atoms with Crippen molar-refractivity contribution in [1.29, 1.82) is 0 Å². The van der Waals surface area contributed by atoms with Gasteiger partial charge in [-0.3, -0.25) is 9.78 Å². The van der Waals surface area contributed by atoms with E-state index in [0.29, 0.717) is 25.7 Å². The molecule has 1 aliphatic rings. The number of carbonyl (C=O) groups is 1. The third kappa shape index (κ3) is 2.63. The maximum atomic E-state index is 12.3.